The number of hydrogen-bond acceptors (Lipinski definition) is 5. The van der Waals surface area contributed by atoms with Crippen LogP contribution in [0.25, 0.3) is 5.57 Å². The first-order valence-electron chi connectivity index (χ1n) is 11.3. The first-order valence-corrected chi connectivity index (χ1v) is 11.3. The van der Waals surface area contributed by atoms with E-state index in [0.717, 1.165) is 24.1 Å². The molecule has 34 heavy (non-hydrogen) atoms. The minimum atomic E-state index is -0.306. The molecule has 6 heteroatoms. The van der Waals surface area contributed by atoms with Crippen LogP contribution in [-0.2, 0) is 22.6 Å². The second kappa shape index (κ2) is 9.06. The third-order valence-electron chi connectivity index (χ3n) is 6.38. The van der Waals surface area contributed by atoms with Crippen LogP contribution in [0.15, 0.2) is 78.5 Å². The highest BCUT2D eigenvalue weighted by Crippen LogP contribution is 2.40. The van der Waals surface area contributed by atoms with Crippen LogP contribution in [-0.4, -0.2) is 37.5 Å². The van der Waals surface area contributed by atoms with Crippen LogP contribution in [0.2, 0.25) is 0 Å². The van der Waals surface area contributed by atoms with Crippen LogP contribution >= 0.6 is 0 Å². The Morgan fingerprint density at radius 3 is 2.32 bits per heavy atom. The summed E-state index contributed by atoms with van der Waals surface area (Å²) in [6, 6.07) is 23.0. The molecular weight excluding hydrogens is 428 g/mol. The maximum atomic E-state index is 13.8. The zero-order valence-corrected chi connectivity index (χ0v) is 19.3. The van der Waals surface area contributed by atoms with E-state index < -0.39 is 0 Å². The minimum Gasteiger partial charge on any atom is -0.493 e. The van der Waals surface area contributed by atoms with Gasteiger partial charge in [0.1, 0.15) is 5.70 Å². The minimum absolute atomic E-state index is 0.217. The number of carbonyl (C=O) groups is 2. The molecule has 0 fully saturated rings. The zero-order valence-electron chi connectivity index (χ0n) is 19.3. The second-order valence-electron chi connectivity index (χ2n) is 8.36. The number of hydrogen-bond donors (Lipinski definition) is 0. The Hall–Kier alpha value is -4.06. The molecule has 0 saturated heterocycles. The Balaban J connectivity index is 1.65. The van der Waals surface area contributed by atoms with Gasteiger partial charge in [-0.05, 0) is 47.7 Å². The summed E-state index contributed by atoms with van der Waals surface area (Å²) in [5.41, 5.74) is 4.48. The largest absolute Gasteiger partial charge is 0.493 e. The summed E-state index contributed by atoms with van der Waals surface area (Å²) in [4.78, 5) is 31.0. The molecule has 0 atom stereocenters. The van der Waals surface area contributed by atoms with Crippen molar-refractivity contribution < 1.29 is 19.1 Å². The van der Waals surface area contributed by atoms with Crippen molar-refractivity contribution in [1.29, 1.82) is 0 Å². The predicted molar refractivity (Wildman–Crippen MR) is 131 cm³/mol. The predicted octanol–water partition coefficient (Wildman–Crippen LogP) is 4.44. The fraction of sp³-hybridized carbons (Fsp3) is 0.214. The molecule has 5 rings (SSSR count). The lowest BCUT2D eigenvalue weighted by molar-refractivity contribution is -0.137. The smallest absolute Gasteiger partial charge is 0.278 e. The van der Waals surface area contributed by atoms with Crippen molar-refractivity contribution in [3.8, 4) is 11.5 Å². The lowest BCUT2D eigenvalue weighted by Crippen LogP contribution is -2.36. The van der Waals surface area contributed by atoms with Crippen LogP contribution in [0.1, 0.15) is 23.1 Å². The highest BCUT2D eigenvalue weighted by Gasteiger charge is 2.43. The summed E-state index contributed by atoms with van der Waals surface area (Å²) in [7, 11) is 3.12. The molecule has 6 nitrogen and oxygen atoms in total. The van der Waals surface area contributed by atoms with Crippen molar-refractivity contribution in [1.82, 2.24) is 4.90 Å². The van der Waals surface area contributed by atoms with Gasteiger partial charge < -0.3 is 14.4 Å². The van der Waals surface area contributed by atoms with Gasteiger partial charge in [0.2, 0.25) is 0 Å². The summed E-state index contributed by atoms with van der Waals surface area (Å²) in [5.74, 6) is 0.483. The van der Waals surface area contributed by atoms with E-state index in [1.54, 1.807) is 26.4 Å². The number of benzene rings is 3. The molecule has 2 amide bonds. The number of amides is 2. The maximum Gasteiger partial charge on any atom is 0.278 e. The molecular formula is C28H26N2O4. The Morgan fingerprint density at radius 1 is 0.824 bits per heavy atom. The molecule has 3 aromatic carbocycles. The summed E-state index contributed by atoms with van der Waals surface area (Å²) in [6.45, 7) is 0.885. The second-order valence-corrected chi connectivity index (χ2v) is 8.36. The van der Waals surface area contributed by atoms with Gasteiger partial charge in [0, 0.05) is 12.2 Å². The number of ether oxygens (including phenoxy) is 2. The number of fused-ring (bicyclic) bond motifs is 1. The summed E-state index contributed by atoms with van der Waals surface area (Å²) < 4.78 is 10.9. The first-order chi connectivity index (χ1) is 16.6. The molecule has 2 aliphatic rings. The Morgan fingerprint density at radius 2 is 1.56 bits per heavy atom. The number of methoxy groups -OCH3 is 2. The molecule has 0 N–H and O–H groups in total. The van der Waals surface area contributed by atoms with Crippen LogP contribution < -0.4 is 14.4 Å². The molecule has 172 valence electrons. The molecule has 0 saturated carbocycles. The van der Waals surface area contributed by atoms with Gasteiger partial charge in [-0.3, -0.25) is 14.5 Å². The first kappa shape index (κ1) is 21.8. The van der Waals surface area contributed by atoms with E-state index >= 15 is 0 Å². The van der Waals surface area contributed by atoms with Gasteiger partial charge in [0.15, 0.2) is 11.5 Å². The molecule has 0 unspecified atom stereocenters. The monoisotopic (exact) mass is 454 g/mol. The van der Waals surface area contributed by atoms with Crippen molar-refractivity contribution in [3.63, 3.8) is 0 Å². The lowest BCUT2D eigenvalue weighted by atomic mass is 9.98. The number of rotatable bonds is 6. The van der Waals surface area contributed by atoms with Crippen LogP contribution in [0, 0.1) is 0 Å². The van der Waals surface area contributed by atoms with Gasteiger partial charge in [-0.2, -0.15) is 0 Å². The third-order valence-corrected chi connectivity index (χ3v) is 6.38. The van der Waals surface area contributed by atoms with Crippen molar-refractivity contribution in [3.05, 3.63) is 95.2 Å². The molecule has 2 aliphatic heterocycles. The molecule has 0 spiro atoms. The Labute approximate surface area is 199 Å². The van der Waals surface area contributed by atoms with Crippen molar-refractivity contribution in [2.24, 2.45) is 0 Å². The Bertz CT molecular complexity index is 1280. The van der Waals surface area contributed by atoms with E-state index in [1.165, 1.54) is 10.5 Å². The average Bonchev–Trinajstić information content (AvgIpc) is 3.13. The van der Waals surface area contributed by atoms with Crippen LogP contribution in [0.3, 0.4) is 0 Å². The molecule has 0 aliphatic carbocycles. The highest BCUT2D eigenvalue weighted by atomic mass is 16.5. The fourth-order valence-corrected chi connectivity index (χ4v) is 4.74. The normalized spacial score (nSPS) is 15.6. The van der Waals surface area contributed by atoms with E-state index in [4.69, 9.17) is 9.47 Å². The van der Waals surface area contributed by atoms with E-state index in [2.05, 4.69) is 6.07 Å². The van der Waals surface area contributed by atoms with E-state index in [-0.39, 0.29) is 18.4 Å². The maximum absolute atomic E-state index is 13.8. The molecule has 2 heterocycles. The number of carbonyl (C=O) groups excluding carboxylic acids is 2. The van der Waals surface area contributed by atoms with Gasteiger partial charge in [0.25, 0.3) is 11.8 Å². The number of anilines is 1. The van der Waals surface area contributed by atoms with Crippen molar-refractivity contribution in [2.45, 2.75) is 19.4 Å². The molecule has 0 aromatic heterocycles. The van der Waals surface area contributed by atoms with Gasteiger partial charge in [-0.1, -0.05) is 54.6 Å². The third kappa shape index (κ3) is 3.71. The van der Waals surface area contributed by atoms with Gasteiger partial charge >= 0.3 is 0 Å². The average molecular weight is 455 g/mol. The quantitative estimate of drug-likeness (QED) is 0.516. The topological polar surface area (TPSA) is 59.1 Å². The Kier molecular flexibility index (Phi) is 5.80. The van der Waals surface area contributed by atoms with E-state index in [9.17, 15) is 9.59 Å². The van der Waals surface area contributed by atoms with Gasteiger partial charge in [-0.25, -0.2) is 0 Å². The van der Waals surface area contributed by atoms with Crippen molar-refractivity contribution in [2.75, 3.05) is 25.7 Å². The molecule has 0 bridgehead atoms. The summed E-state index contributed by atoms with van der Waals surface area (Å²) in [5, 5.41) is 0. The molecule has 0 radical (unpaired) electrons. The van der Waals surface area contributed by atoms with Gasteiger partial charge in [0.05, 0.1) is 26.3 Å². The molecule has 3 aromatic rings. The fourth-order valence-electron chi connectivity index (χ4n) is 4.74. The number of aryl methyl sites for hydroxylation is 1. The van der Waals surface area contributed by atoms with Gasteiger partial charge in [-0.15, -0.1) is 0 Å². The highest BCUT2D eigenvalue weighted by molar-refractivity contribution is 6.36. The van der Waals surface area contributed by atoms with Crippen LogP contribution in [0.4, 0.5) is 5.69 Å². The summed E-state index contributed by atoms with van der Waals surface area (Å²) >= 11 is 0. The SMILES string of the molecule is COc1ccc(C2=C(N3CCCc4ccccc43)C(=O)N(Cc3ccccc3)C2=O)cc1OC. The van der Waals surface area contributed by atoms with Crippen molar-refractivity contribution >= 4 is 23.1 Å². The number of nitrogens with zero attached hydrogens (tertiary/aromatic N) is 2. The lowest BCUT2D eigenvalue weighted by Gasteiger charge is -2.32. The number of para-hydroxylation sites is 1. The van der Waals surface area contributed by atoms with Crippen LogP contribution in [0.5, 0.6) is 11.5 Å². The standard InChI is InChI=1S/C28H26N2O4/c1-33-23-15-14-21(17-24(23)34-2)25-26(29-16-8-12-20-11-6-7-13-22(20)29)28(32)30(27(25)31)18-19-9-4-3-5-10-19/h3-7,9-11,13-15,17H,8,12,16,18H2,1-2H3. The van der Waals surface area contributed by atoms with E-state index in [1.807, 2.05) is 59.5 Å². The summed E-state index contributed by atoms with van der Waals surface area (Å²) in [6.07, 6.45) is 1.85. The van der Waals surface area contributed by atoms with E-state index in [0.29, 0.717) is 34.9 Å². The number of imide groups is 1. The zero-order chi connectivity index (χ0) is 23.7.